The van der Waals surface area contributed by atoms with Gasteiger partial charge < -0.3 is 4.57 Å². The zero-order valence-corrected chi connectivity index (χ0v) is 11.8. The van der Waals surface area contributed by atoms with Gasteiger partial charge in [0.1, 0.15) is 0 Å². The molecule has 2 aromatic heterocycles. The van der Waals surface area contributed by atoms with Crippen molar-refractivity contribution in [3.8, 4) is 16.9 Å². The summed E-state index contributed by atoms with van der Waals surface area (Å²) in [7, 11) is 1.96. The van der Waals surface area contributed by atoms with Crippen molar-refractivity contribution in [2.75, 3.05) is 0 Å². The molecule has 1 aromatic carbocycles. The predicted molar refractivity (Wildman–Crippen MR) is 80.3 cm³/mol. The summed E-state index contributed by atoms with van der Waals surface area (Å²) >= 11 is 0. The van der Waals surface area contributed by atoms with Crippen molar-refractivity contribution in [3.63, 3.8) is 0 Å². The first-order valence-corrected chi connectivity index (χ1v) is 6.56. The van der Waals surface area contributed by atoms with Crippen molar-refractivity contribution in [3.05, 3.63) is 64.2 Å². The fourth-order valence-corrected chi connectivity index (χ4v) is 2.26. The van der Waals surface area contributed by atoms with Crippen LogP contribution in [0.25, 0.3) is 16.9 Å². The Hall–Kier alpha value is -2.49. The van der Waals surface area contributed by atoms with Crippen molar-refractivity contribution in [2.24, 2.45) is 7.05 Å². The number of aromatic amines is 1. The molecule has 3 aromatic rings. The molecule has 4 heteroatoms. The van der Waals surface area contributed by atoms with Crippen LogP contribution in [-0.4, -0.2) is 14.3 Å². The highest BCUT2D eigenvalue weighted by Gasteiger charge is 2.08. The molecule has 0 unspecified atom stereocenters. The molecule has 20 heavy (non-hydrogen) atoms. The fourth-order valence-electron chi connectivity index (χ4n) is 2.26. The van der Waals surface area contributed by atoms with Crippen molar-refractivity contribution in [1.82, 2.24) is 14.3 Å². The maximum Gasteiger partial charge on any atom is 0.271 e. The van der Waals surface area contributed by atoms with Gasteiger partial charge in [0.15, 0.2) is 0 Å². The van der Waals surface area contributed by atoms with Crippen LogP contribution in [0.15, 0.2) is 47.5 Å². The number of nitrogens with zero attached hydrogens (tertiary/aromatic N) is 2. The molecule has 102 valence electrons. The standard InChI is InChI=1S/C16H17N3O/c1-11-4-5-14(8-12(11)2)19-16(20)9-15(17-19)13-6-7-18(3)10-13/h4-10,17H,1-3H3. The fraction of sp³-hybridized carbons (Fsp3) is 0.188. The highest BCUT2D eigenvalue weighted by Crippen LogP contribution is 2.17. The lowest BCUT2D eigenvalue weighted by atomic mass is 10.1. The van der Waals surface area contributed by atoms with Crippen LogP contribution in [-0.2, 0) is 7.05 Å². The SMILES string of the molecule is Cc1ccc(-n2[nH]c(-c3ccn(C)c3)cc2=O)cc1C. The quantitative estimate of drug-likeness (QED) is 0.762. The smallest absolute Gasteiger partial charge is 0.271 e. The Bertz CT molecular complexity index is 820. The molecule has 1 N–H and O–H groups in total. The lowest BCUT2D eigenvalue weighted by Crippen LogP contribution is -2.13. The highest BCUT2D eigenvalue weighted by atomic mass is 16.1. The van der Waals surface area contributed by atoms with Crippen LogP contribution in [0.4, 0.5) is 0 Å². The molecule has 0 aliphatic carbocycles. The third kappa shape index (κ3) is 2.09. The lowest BCUT2D eigenvalue weighted by Gasteiger charge is -2.05. The molecule has 0 saturated heterocycles. The Kier molecular flexibility index (Phi) is 2.86. The normalized spacial score (nSPS) is 10.9. The summed E-state index contributed by atoms with van der Waals surface area (Å²) in [4.78, 5) is 12.1. The number of nitrogens with one attached hydrogen (secondary N) is 1. The molecule has 0 spiro atoms. The average molecular weight is 267 g/mol. The summed E-state index contributed by atoms with van der Waals surface area (Å²) in [5.41, 5.74) is 5.04. The predicted octanol–water partition coefficient (Wildman–Crippen LogP) is 2.79. The van der Waals surface area contributed by atoms with E-state index in [9.17, 15) is 4.79 Å². The third-order valence-corrected chi connectivity index (χ3v) is 3.61. The monoisotopic (exact) mass is 267 g/mol. The summed E-state index contributed by atoms with van der Waals surface area (Å²) in [6, 6.07) is 9.61. The van der Waals surface area contributed by atoms with Gasteiger partial charge in [-0.25, -0.2) is 4.68 Å². The molecule has 0 atom stereocenters. The van der Waals surface area contributed by atoms with Gasteiger partial charge >= 0.3 is 0 Å². The van der Waals surface area contributed by atoms with E-state index < -0.39 is 0 Å². The molecular formula is C16H17N3O. The zero-order chi connectivity index (χ0) is 14.3. The Morgan fingerprint density at radius 2 is 1.85 bits per heavy atom. The molecule has 0 amide bonds. The molecule has 0 saturated carbocycles. The van der Waals surface area contributed by atoms with Crippen LogP contribution in [0.3, 0.4) is 0 Å². The molecular weight excluding hydrogens is 250 g/mol. The van der Waals surface area contributed by atoms with E-state index in [0.717, 1.165) is 16.9 Å². The molecule has 0 radical (unpaired) electrons. The van der Waals surface area contributed by atoms with E-state index >= 15 is 0 Å². The maximum absolute atomic E-state index is 12.1. The minimum Gasteiger partial charge on any atom is -0.357 e. The van der Waals surface area contributed by atoms with Crippen LogP contribution in [0.5, 0.6) is 0 Å². The summed E-state index contributed by atoms with van der Waals surface area (Å²) in [5.74, 6) is 0. The lowest BCUT2D eigenvalue weighted by molar-refractivity contribution is 0.850. The first-order chi connectivity index (χ1) is 9.54. The van der Waals surface area contributed by atoms with Crippen LogP contribution in [0.2, 0.25) is 0 Å². The zero-order valence-electron chi connectivity index (χ0n) is 11.8. The number of aromatic nitrogens is 3. The van der Waals surface area contributed by atoms with Crippen LogP contribution in [0, 0.1) is 13.8 Å². The number of benzene rings is 1. The van der Waals surface area contributed by atoms with Gasteiger partial charge in [-0.1, -0.05) is 6.07 Å². The minimum atomic E-state index is -0.0490. The molecule has 0 bridgehead atoms. The number of H-pyrrole nitrogens is 1. The Morgan fingerprint density at radius 3 is 2.50 bits per heavy atom. The van der Waals surface area contributed by atoms with E-state index in [1.807, 2.05) is 55.2 Å². The van der Waals surface area contributed by atoms with Gasteiger partial charge in [-0.15, -0.1) is 0 Å². The number of hydrogen-bond acceptors (Lipinski definition) is 1. The summed E-state index contributed by atoms with van der Waals surface area (Å²) in [6.45, 7) is 4.11. The Labute approximate surface area is 117 Å². The molecule has 0 aliphatic rings. The van der Waals surface area contributed by atoms with Gasteiger partial charge in [0.05, 0.1) is 11.4 Å². The van der Waals surface area contributed by atoms with E-state index in [4.69, 9.17) is 0 Å². The minimum absolute atomic E-state index is 0.0490. The third-order valence-electron chi connectivity index (χ3n) is 3.61. The average Bonchev–Trinajstić information content (AvgIpc) is 2.99. The van der Waals surface area contributed by atoms with Gasteiger partial charge in [0, 0.05) is 31.1 Å². The van der Waals surface area contributed by atoms with Gasteiger partial charge in [-0.05, 0) is 43.2 Å². The van der Waals surface area contributed by atoms with Crippen LogP contribution >= 0.6 is 0 Å². The van der Waals surface area contributed by atoms with Crippen molar-refractivity contribution >= 4 is 0 Å². The number of aryl methyl sites for hydroxylation is 3. The second kappa shape index (κ2) is 4.56. The second-order valence-electron chi connectivity index (χ2n) is 5.18. The van der Waals surface area contributed by atoms with Crippen molar-refractivity contribution in [2.45, 2.75) is 13.8 Å². The second-order valence-corrected chi connectivity index (χ2v) is 5.18. The largest absolute Gasteiger partial charge is 0.357 e. The van der Waals surface area contributed by atoms with E-state index in [1.54, 1.807) is 10.7 Å². The molecule has 0 fully saturated rings. The van der Waals surface area contributed by atoms with E-state index in [2.05, 4.69) is 12.0 Å². The van der Waals surface area contributed by atoms with Gasteiger partial charge in [0.25, 0.3) is 5.56 Å². The van der Waals surface area contributed by atoms with E-state index in [-0.39, 0.29) is 5.56 Å². The van der Waals surface area contributed by atoms with Crippen LogP contribution < -0.4 is 5.56 Å². The summed E-state index contributed by atoms with van der Waals surface area (Å²) < 4.78 is 3.54. The molecule has 0 aliphatic heterocycles. The highest BCUT2D eigenvalue weighted by molar-refractivity contribution is 5.58. The van der Waals surface area contributed by atoms with Gasteiger partial charge in [0.2, 0.25) is 0 Å². The van der Waals surface area contributed by atoms with Crippen molar-refractivity contribution in [1.29, 1.82) is 0 Å². The number of rotatable bonds is 2. The summed E-state index contributed by atoms with van der Waals surface area (Å²) in [5, 5.41) is 3.16. The van der Waals surface area contributed by atoms with E-state index in [1.165, 1.54) is 11.1 Å². The van der Waals surface area contributed by atoms with Crippen molar-refractivity contribution < 1.29 is 0 Å². The molecule has 4 nitrogen and oxygen atoms in total. The maximum atomic E-state index is 12.1. The molecule has 2 heterocycles. The number of hydrogen-bond donors (Lipinski definition) is 1. The topological polar surface area (TPSA) is 42.7 Å². The van der Waals surface area contributed by atoms with Gasteiger partial charge in [-0.2, -0.15) is 0 Å². The molecule has 3 rings (SSSR count). The Morgan fingerprint density at radius 1 is 1.05 bits per heavy atom. The Balaban J connectivity index is 2.09. The van der Waals surface area contributed by atoms with Gasteiger partial charge in [-0.3, -0.25) is 9.89 Å². The van der Waals surface area contributed by atoms with Crippen LogP contribution in [0.1, 0.15) is 11.1 Å². The summed E-state index contributed by atoms with van der Waals surface area (Å²) in [6.07, 6.45) is 3.94. The first-order valence-electron chi connectivity index (χ1n) is 6.56. The van der Waals surface area contributed by atoms with E-state index in [0.29, 0.717) is 0 Å². The first kappa shape index (κ1) is 12.5.